The average Bonchev–Trinajstić information content (AvgIpc) is 2.53. The van der Waals surface area contributed by atoms with Crippen molar-refractivity contribution >= 4 is 0 Å². The zero-order chi connectivity index (χ0) is 19.0. The highest BCUT2D eigenvalue weighted by molar-refractivity contribution is 4.95. The van der Waals surface area contributed by atoms with Crippen LogP contribution in [0.4, 0.5) is 0 Å². The molecule has 0 radical (unpaired) electrons. The largest absolute Gasteiger partial charge is 0.322 e. The molecule has 25 heavy (non-hydrogen) atoms. The van der Waals surface area contributed by atoms with E-state index in [-0.39, 0.29) is 0 Å². The maximum absolute atomic E-state index is 6.07. The summed E-state index contributed by atoms with van der Waals surface area (Å²) >= 11 is 0. The lowest BCUT2D eigenvalue weighted by Gasteiger charge is -2.37. The van der Waals surface area contributed by atoms with Crippen molar-refractivity contribution in [1.82, 2.24) is 0 Å². The Morgan fingerprint density at radius 1 is 0.640 bits per heavy atom. The van der Waals surface area contributed by atoms with Crippen molar-refractivity contribution in [3.8, 4) is 0 Å². The van der Waals surface area contributed by atoms with Gasteiger partial charge in [0.05, 0.1) is 5.54 Å². The van der Waals surface area contributed by atoms with Crippen LogP contribution in [-0.4, -0.2) is 11.3 Å². The fourth-order valence-electron chi connectivity index (χ4n) is 2.70. The van der Waals surface area contributed by atoms with Gasteiger partial charge in [0, 0.05) is 0 Å². The Kier molecular flexibility index (Phi) is 14.1. The molecule has 0 aliphatic rings. The highest BCUT2D eigenvalue weighted by atomic mass is 15.2. The predicted octanol–water partition coefficient (Wildman–Crippen LogP) is 4.44. The molecule has 0 saturated heterocycles. The van der Waals surface area contributed by atoms with Crippen LogP contribution in [0, 0.1) is 0 Å². The summed E-state index contributed by atoms with van der Waals surface area (Å²) in [5.41, 5.74) is 22.5. The maximum Gasteiger partial charge on any atom is 0.134 e. The summed E-state index contributed by atoms with van der Waals surface area (Å²) < 4.78 is 0. The van der Waals surface area contributed by atoms with Crippen LogP contribution in [0.15, 0.2) is 24.3 Å². The molecule has 1 atom stereocenters. The van der Waals surface area contributed by atoms with Gasteiger partial charge in [-0.25, -0.2) is 0 Å². The van der Waals surface area contributed by atoms with Gasteiger partial charge in [-0.05, 0) is 45.4 Å². The molecule has 0 aromatic heterocycles. The van der Waals surface area contributed by atoms with Gasteiger partial charge >= 0.3 is 0 Å². The molecule has 0 heterocycles. The molecule has 0 aliphatic heterocycles. The minimum Gasteiger partial charge on any atom is -0.322 e. The van der Waals surface area contributed by atoms with Gasteiger partial charge in [0.1, 0.15) is 5.79 Å². The molecule has 8 N–H and O–H groups in total. The summed E-state index contributed by atoms with van der Waals surface area (Å²) in [6.45, 7) is 4.08. The number of unbranched alkanes of at least 4 members (excludes halogenated alkanes) is 9. The van der Waals surface area contributed by atoms with E-state index in [0.29, 0.717) is 0 Å². The summed E-state index contributed by atoms with van der Waals surface area (Å²) in [6.07, 6.45) is 24.8. The van der Waals surface area contributed by atoms with Crippen LogP contribution in [-0.2, 0) is 0 Å². The molecule has 0 aliphatic carbocycles. The first-order valence-electron chi connectivity index (χ1n) is 10.3. The Morgan fingerprint density at radius 3 is 1.64 bits per heavy atom. The van der Waals surface area contributed by atoms with Gasteiger partial charge in [-0.15, -0.1) is 0 Å². The monoisotopic (exact) mass is 352 g/mol. The Morgan fingerprint density at radius 2 is 1.12 bits per heavy atom. The first-order valence-corrected chi connectivity index (χ1v) is 10.3. The average molecular weight is 353 g/mol. The molecule has 0 amide bonds. The topological polar surface area (TPSA) is 104 Å². The Bertz CT molecular complexity index is 353. The van der Waals surface area contributed by atoms with Gasteiger partial charge in [-0.1, -0.05) is 76.2 Å². The number of nitrogens with two attached hydrogens (primary N) is 4. The van der Waals surface area contributed by atoms with Crippen LogP contribution in [0.3, 0.4) is 0 Å². The van der Waals surface area contributed by atoms with Gasteiger partial charge in [-0.3, -0.25) is 17.2 Å². The minimum atomic E-state index is -1.30. The number of hydrogen-bond donors (Lipinski definition) is 4. The molecule has 0 bridgehead atoms. The summed E-state index contributed by atoms with van der Waals surface area (Å²) in [4.78, 5) is 0. The van der Waals surface area contributed by atoms with Gasteiger partial charge in [0.2, 0.25) is 0 Å². The van der Waals surface area contributed by atoms with Crippen LogP contribution in [0.2, 0.25) is 0 Å². The molecule has 0 rings (SSSR count). The van der Waals surface area contributed by atoms with Crippen molar-refractivity contribution in [2.24, 2.45) is 22.9 Å². The van der Waals surface area contributed by atoms with E-state index in [2.05, 4.69) is 31.2 Å². The van der Waals surface area contributed by atoms with Gasteiger partial charge in [0.25, 0.3) is 0 Å². The van der Waals surface area contributed by atoms with E-state index in [9.17, 15) is 0 Å². The third kappa shape index (κ3) is 14.2. The first kappa shape index (κ1) is 24.3. The van der Waals surface area contributed by atoms with E-state index in [1.54, 1.807) is 0 Å². The second kappa shape index (κ2) is 14.5. The van der Waals surface area contributed by atoms with Crippen LogP contribution in [0.25, 0.3) is 0 Å². The lowest BCUT2D eigenvalue weighted by molar-refractivity contribution is 0.230. The molecule has 0 fully saturated rings. The highest BCUT2D eigenvalue weighted by Gasteiger charge is 2.34. The molecular weight excluding hydrogens is 308 g/mol. The molecule has 0 saturated carbocycles. The summed E-state index contributed by atoms with van der Waals surface area (Å²) in [5, 5.41) is 0. The van der Waals surface area contributed by atoms with E-state index in [4.69, 9.17) is 22.9 Å². The zero-order valence-corrected chi connectivity index (χ0v) is 16.8. The predicted molar refractivity (Wildman–Crippen MR) is 112 cm³/mol. The Labute approximate surface area is 156 Å². The smallest absolute Gasteiger partial charge is 0.134 e. The molecule has 1 unspecified atom stereocenters. The van der Waals surface area contributed by atoms with Crippen molar-refractivity contribution in [1.29, 1.82) is 0 Å². The van der Waals surface area contributed by atoms with Crippen molar-refractivity contribution in [2.45, 2.75) is 109 Å². The molecule has 0 aromatic carbocycles. The Balaban J connectivity index is 3.40. The lowest BCUT2D eigenvalue weighted by Crippen LogP contribution is -2.75. The standard InChI is InChI=1S/C21H44N4/c1-3-4-5-6-7-8-9-10-11-12-13-14-15-16-17-18-19-20(2,22)21(23,24)25/h7-8,10-11H,3-6,9,12-19,22-25H2,1-2H3/b8-7-,11-10-. The number of allylic oxidation sites excluding steroid dienone is 4. The Hall–Kier alpha value is -0.680. The summed E-state index contributed by atoms with van der Waals surface area (Å²) in [6, 6.07) is 0. The number of hydrogen-bond acceptors (Lipinski definition) is 4. The lowest BCUT2D eigenvalue weighted by atomic mass is 9.88. The van der Waals surface area contributed by atoms with E-state index in [0.717, 1.165) is 19.3 Å². The fraction of sp³-hybridized carbons (Fsp3) is 0.810. The molecule has 148 valence electrons. The van der Waals surface area contributed by atoms with Crippen molar-refractivity contribution in [3.05, 3.63) is 24.3 Å². The van der Waals surface area contributed by atoms with E-state index in [1.807, 2.05) is 6.92 Å². The third-order valence-electron chi connectivity index (χ3n) is 4.89. The normalized spacial score (nSPS) is 15.3. The fourth-order valence-corrected chi connectivity index (χ4v) is 2.70. The quantitative estimate of drug-likeness (QED) is 0.187. The zero-order valence-electron chi connectivity index (χ0n) is 16.8. The SMILES string of the molecule is CCCCC/C=C\C/C=C\CCCCCCCCC(C)(N)C(N)(N)N. The molecule has 4 nitrogen and oxygen atoms in total. The molecule has 0 aromatic rings. The summed E-state index contributed by atoms with van der Waals surface area (Å²) in [7, 11) is 0. The van der Waals surface area contributed by atoms with Crippen LogP contribution < -0.4 is 22.9 Å². The second-order valence-electron chi connectivity index (χ2n) is 7.68. The van der Waals surface area contributed by atoms with E-state index in [1.165, 1.54) is 64.2 Å². The third-order valence-corrected chi connectivity index (χ3v) is 4.89. The van der Waals surface area contributed by atoms with Gasteiger partial charge < -0.3 is 5.73 Å². The van der Waals surface area contributed by atoms with Crippen molar-refractivity contribution in [2.75, 3.05) is 0 Å². The van der Waals surface area contributed by atoms with Gasteiger partial charge in [-0.2, -0.15) is 0 Å². The summed E-state index contributed by atoms with van der Waals surface area (Å²) in [5.74, 6) is -1.30. The van der Waals surface area contributed by atoms with Crippen LogP contribution in [0.5, 0.6) is 0 Å². The van der Waals surface area contributed by atoms with Crippen LogP contribution in [0.1, 0.15) is 97.3 Å². The highest BCUT2D eigenvalue weighted by Crippen LogP contribution is 2.17. The van der Waals surface area contributed by atoms with Crippen molar-refractivity contribution in [3.63, 3.8) is 0 Å². The molecule has 4 heteroatoms. The van der Waals surface area contributed by atoms with Crippen LogP contribution >= 0.6 is 0 Å². The van der Waals surface area contributed by atoms with E-state index >= 15 is 0 Å². The maximum atomic E-state index is 6.07. The minimum absolute atomic E-state index is 0.706. The van der Waals surface area contributed by atoms with Gasteiger partial charge in [0.15, 0.2) is 0 Å². The van der Waals surface area contributed by atoms with Crippen molar-refractivity contribution < 1.29 is 0 Å². The molecule has 0 spiro atoms. The van der Waals surface area contributed by atoms with E-state index < -0.39 is 11.3 Å². The number of rotatable bonds is 16. The second-order valence-corrected chi connectivity index (χ2v) is 7.68. The molecular formula is C21H44N4. The first-order chi connectivity index (χ1) is 11.8.